The Morgan fingerprint density at radius 3 is 1.33 bits per heavy atom. The lowest BCUT2D eigenvalue weighted by molar-refractivity contribution is 0.411. The van der Waals surface area contributed by atoms with Crippen LogP contribution in [0.1, 0.15) is 142 Å². The Hall–Kier alpha value is -1.08. The largest absolute Gasteiger partial charge is 0.222 e. The first-order valence-electron chi connectivity index (χ1n) is 17.1. The van der Waals surface area contributed by atoms with Crippen molar-refractivity contribution in [1.82, 2.24) is 9.97 Å². The number of hydrogen-bond donors (Lipinski definition) is 0. The lowest BCUT2D eigenvalue weighted by atomic mass is 9.89. The van der Waals surface area contributed by atoms with E-state index in [1.807, 2.05) is 22.7 Å². The number of unbranched alkanes of at least 4 members (excludes halogenated alkanes) is 8. The number of fused-ring (bicyclic) bond motifs is 1. The van der Waals surface area contributed by atoms with Gasteiger partial charge in [-0.15, -0.1) is 22.7 Å². The van der Waals surface area contributed by atoms with Crippen molar-refractivity contribution in [2.24, 2.45) is 11.8 Å². The van der Waals surface area contributed by atoms with E-state index >= 15 is 0 Å². The summed E-state index contributed by atoms with van der Waals surface area (Å²) in [6.45, 7) is 9.27. The summed E-state index contributed by atoms with van der Waals surface area (Å²) in [6, 6.07) is 4.74. The van der Waals surface area contributed by atoms with E-state index in [1.54, 1.807) is 22.7 Å². The van der Waals surface area contributed by atoms with Gasteiger partial charge in [0.25, 0.3) is 0 Å². The van der Waals surface area contributed by atoms with E-state index < -0.39 is 0 Å². The molecule has 0 aliphatic carbocycles. The lowest BCUT2D eigenvalue weighted by Crippen LogP contribution is -2.05. The van der Waals surface area contributed by atoms with Gasteiger partial charge in [0.2, 0.25) is 0 Å². The van der Waals surface area contributed by atoms with Crippen molar-refractivity contribution in [2.75, 3.05) is 0 Å². The standard InChI is InChI=1S/C36H54N2S4/c1-5-9-13-15-19-27(17-11-7-3)25-29-21-23-39-31(29)33-37-35-36(41-33)38-34(42-35)32-30(22-24-40-32)26-28(18-12-8-4)20-16-14-10-6-2/h21-24,27-28H,5-20,25-26H2,1-4H3. The number of nitrogens with zero attached hydrogens (tertiary/aromatic N) is 2. The van der Waals surface area contributed by atoms with E-state index in [1.165, 1.54) is 146 Å². The predicted molar refractivity (Wildman–Crippen MR) is 193 cm³/mol. The van der Waals surface area contributed by atoms with Gasteiger partial charge in [-0.2, -0.15) is 0 Å². The quantitative estimate of drug-likeness (QED) is 0.0797. The summed E-state index contributed by atoms with van der Waals surface area (Å²) in [4.78, 5) is 15.4. The third-order valence-electron chi connectivity index (χ3n) is 8.74. The van der Waals surface area contributed by atoms with Crippen LogP contribution in [0.5, 0.6) is 0 Å². The molecule has 0 amide bonds. The maximum absolute atomic E-state index is 5.18. The first-order chi connectivity index (χ1) is 20.7. The molecule has 0 fully saturated rings. The Morgan fingerprint density at radius 2 is 0.929 bits per heavy atom. The second-order valence-electron chi connectivity index (χ2n) is 12.3. The van der Waals surface area contributed by atoms with Crippen LogP contribution in [0.4, 0.5) is 0 Å². The van der Waals surface area contributed by atoms with E-state index in [0.717, 1.165) is 21.5 Å². The topological polar surface area (TPSA) is 25.8 Å². The average Bonchev–Trinajstić information content (AvgIpc) is 3.78. The molecular weight excluding hydrogens is 589 g/mol. The molecule has 42 heavy (non-hydrogen) atoms. The van der Waals surface area contributed by atoms with Gasteiger partial charge < -0.3 is 0 Å². The molecule has 232 valence electrons. The Kier molecular flexibility index (Phi) is 15.0. The smallest absolute Gasteiger partial charge is 0.155 e. The van der Waals surface area contributed by atoms with Gasteiger partial charge in [-0.1, -0.05) is 153 Å². The summed E-state index contributed by atoms with van der Waals surface area (Å²) in [6.07, 6.45) is 24.1. The van der Waals surface area contributed by atoms with Gasteiger partial charge in [0.15, 0.2) is 9.66 Å². The molecule has 0 N–H and O–H groups in total. The Balaban J connectivity index is 1.45. The molecule has 4 aromatic heterocycles. The molecule has 4 aromatic rings. The molecule has 2 unspecified atom stereocenters. The van der Waals surface area contributed by atoms with Crippen LogP contribution in [0, 0.1) is 11.8 Å². The highest BCUT2D eigenvalue weighted by atomic mass is 32.1. The van der Waals surface area contributed by atoms with Crippen molar-refractivity contribution < 1.29 is 0 Å². The molecule has 2 atom stereocenters. The molecule has 6 heteroatoms. The van der Waals surface area contributed by atoms with Crippen LogP contribution in [0.15, 0.2) is 22.9 Å². The van der Waals surface area contributed by atoms with E-state index in [-0.39, 0.29) is 0 Å². The molecule has 0 aliphatic rings. The van der Waals surface area contributed by atoms with Crippen molar-refractivity contribution in [2.45, 2.75) is 143 Å². The first-order valence-corrected chi connectivity index (χ1v) is 20.5. The number of hydrogen-bond acceptors (Lipinski definition) is 6. The van der Waals surface area contributed by atoms with Crippen LogP contribution in [0.3, 0.4) is 0 Å². The van der Waals surface area contributed by atoms with Crippen LogP contribution >= 0.6 is 45.3 Å². The number of thiophene rings is 2. The third-order valence-corrected chi connectivity index (χ3v) is 13.0. The van der Waals surface area contributed by atoms with Crippen molar-refractivity contribution in [3.05, 3.63) is 34.0 Å². The van der Waals surface area contributed by atoms with Gasteiger partial charge in [-0.05, 0) is 58.7 Å². The third kappa shape index (κ3) is 9.97. The molecule has 0 spiro atoms. The number of rotatable bonds is 22. The van der Waals surface area contributed by atoms with Crippen molar-refractivity contribution >= 4 is 55.0 Å². The van der Waals surface area contributed by atoms with Gasteiger partial charge >= 0.3 is 0 Å². The van der Waals surface area contributed by atoms with Gasteiger partial charge in [-0.3, -0.25) is 0 Å². The Morgan fingerprint density at radius 1 is 0.524 bits per heavy atom. The van der Waals surface area contributed by atoms with E-state index in [0.29, 0.717) is 0 Å². The average molecular weight is 643 g/mol. The minimum atomic E-state index is 0.797. The summed E-state index contributed by atoms with van der Waals surface area (Å²) in [7, 11) is 0. The molecular formula is C36H54N2S4. The zero-order chi connectivity index (χ0) is 29.6. The zero-order valence-electron chi connectivity index (χ0n) is 26.7. The number of aromatic nitrogens is 2. The highest BCUT2D eigenvalue weighted by Crippen LogP contribution is 2.42. The molecule has 0 saturated heterocycles. The van der Waals surface area contributed by atoms with Gasteiger partial charge in [0.05, 0.1) is 9.75 Å². The molecule has 0 bridgehead atoms. The maximum Gasteiger partial charge on any atom is 0.155 e. The van der Waals surface area contributed by atoms with Gasteiger partial charge in [0, 0.05) is 0 Å². The van der Waals surface area contributed by atoms with Crippen molar-refractivity contribution in [3.8, 4) is 19.8 Å². The monoisotopic (exact) mass is 642 g/mol. The summed E-state index contributed by atoms with van der Waals surface area (Å²) in [5, 5.41) is 6.92. The van der Waals surface area contributed by atoms with E-state index in [4.69, 9.17) is 9.97 Å². The summed E-state index contributed by atoms with van der Waals surface area (Å²) in [5.74, 6) is 1.59. The molecule has 4 rings (SSSR count). The second kappa shape index (κ2) is 18.7. The Labute approximate surface area is 272 Å². The molecule has 0 aromatic carbocycles. The molecule has 2 nitrogen and oxygen atoms in total. The van der Waals surface area contributed by atoms with Crippen LogP contribution < -0.4 is 0 Å². The first kappa shape index (κ1) is 33.8. The van der Waals surface area contributed by atoms with Crippen molar-refractivity contribution in [1.29, 1.82) is 0 Å². The fourth-order valence-electron chi connectivity index (χ4n) is 6.23. The van der Waals surface area contributed by atoms with Crippen molar-refractivity contribution in [3.63, 3.8) is 0 Å². The minimum absolute atomic E-state index is 0.797. The van der Waals surface area contributed by atoms with Gasteiger partial charge in [0.1, 0.15) is 10.0 Å². The zero-order valence-corrected chi connectivity index (χ0v) is 30.0. The highest BCUT2D eigenvalue weighted by Gasteiger charge is 2.21. The number of thiazole rings is 2. The SMILES string of the molecule is CCCCCCC(CCCC)Cc1ccsc1-c1nc2sc(-c3sccc3CC(CCCC)CCCCCC)nc2s1. The van der Waals surface area contributed by atoms with Crippen LogP contribution in [-0.2, 0) is 12.8 Å². The summed E-state index contributed by atoms with van der Waals surface area (Å²) < 4.78 is 0. The highest BCUT2D eigenvalue weighted by molar-refractivity contribution is 7.31. The predicted octanol–water partition coefficient (Wildman–Crippen LogP) is 13.8. The lowest BCUT2D eigenvalue weighted by Gasteiger charge is -2.17. The Bertz CT molecular complexity index is 1150. The molecule has 4 heterocycles. The van der Waals surface area contributed by atoms with E-state index in [2.05, 4.69) is 50.6 Å². The molecule has 0 radical (unpaired) electrons. The molecule has 0 saturated carbocycles. The van der Waals surface area contributed by atoms with E-state index in [9.17, 15) is 0 Å². The van der Waals surface area contributed by atoms with Gasteiger partial charge in [-0.25, -0.2) is 9.97 Å². The van der Waals surface area contributed by atoms with Crippen LogP contribution in [0.25, 0.3) is 29.4 Å². The van der Waals surface area contributed by atoms with Crippen LogP contribution in [0.2, 0.25) is 0 Å². The fraction of sp³-hybridized carbons (Fsp3) is 0.667. The second-order valence-corrected chi connectivity index (χ2v) is 16.1. The van der Waals surface area contributed by atoms with Crippen LogP contribution in [-0.4, -0.2) is 9.97 Å². The summed E-state index contributed by atoms with van der Waals surface area (Å²) in [5.41, 5.74) is 3.02. The maximum atomic E-state index is 5.18. The summed E-state index contributed by atoms with van der Waals surface area (Å²) >= 11 is 7.36. The minimum Gasteiger partial charge on any atom is -0.222 e. The fourth-order valence-corrected chi connectivity index (χ4v) is 10.4. The molecule has 0 aliphatic heterocycles. The normalized spacial score (nSPS) is 13.3.